The van der Waals surface area contributed by atoms with Crippen molar-refractivity contribution in [2.45, 2.75) is 13.0 Å². The normalized spacial score (nSPS) is 21.4. The van der Waals surface area contributed by atoms with Gasteiger partial charge in [0.15, 0.2) is 0 Å². The standard InChI is InChI=1S/C10H13ClN2O/c11-9-2-1-5-13(10(9)14)7-8-3-4-12-6-8/h1-2,5,8,12H,3-4,6-7H2. The van der Waals surface area contributed by atoms with Gasteiger partial charge in [0.05, 0.1) is 0 Å². The summed E-state index contributed by atoms with van der Waals surface area (Å²) in [6, 6.07) is 3.44. The van der Waals surface area contributed by atoms with Crippen LogP contribution < -0.4 is 10.9 Å². The summed E-state index contributed by atoms with van der Waals surface area (Å²) in [7, 11) is 0. The van der Waals surface area contributed by atoms with Gasteiger partial charge in [-0.2, -0.15) is 0 Å². The zero-order valence-corrected chi connectivity index (χ0v) is 8.63. The predicted octanol–water partition coefficient (Wildman–Crippen LogP) is 1.11. The molecule has 0 amide bonds. The SMILES string of the molecule is O=c1c(Cl)cccn1CC1CCNC1. The second-order valence-electron chi connectivity index (χ2n) is 3.67. The second kappa shape index (κ2) is 4.15. The lowest BCUT2D eigenvalue weighted by atomic mass is 10.1. The van der Waals surface area contributed by atoms with Crippen LogP contribution in [-0.2, 0) is 6.54 Å². The van der Waals surface area contributed by atoms with Gasteiger partial charge in [-0.15, -0.1) is 0 Å². The molecule has 1 aliphatic rings. The molecule has 1 fully saturated rings. The van der Waals surface area contributed by atoms with Crippen molar-refractivity contribution in [2.75, 3.05) is 13.1 Å². The molecule has 1 aliphatic heterocycles. The number of halogens is 1. The Morgan fingerprint density at radius 3 is 3.21 bits per heavy atom. The lowest BCUT2D eigenvalue weighted by molar-refractivity contribution is 0.472. The minimum Gasteiger partial charge on any atom is -0.316 e. The Labute approximate surface area is 87.7 Å². The highest BCUT2D eigenvalue weighted by Gasteiger charge is 2.15. The molecule has 0 aromatic carbocycles. The molecule has 1 aromatic rings. The van der Waals surface area contributed by atoms with Crippen LogP contribution in [0.15, 0.2) is 23.1 Å². The molecular weight excluding hydrogens is 200 g/mol. The Morgan fingerprint density at radius 1 is 1.64 bits per heavy atom. The molecule has 0 radical (unpaired) electrons. The van der Waals surface area contributed by atoms with Crippen LogP contribution >= 0.6 is 11.6 Å². The van der Waals surface area contributed by atoms with Gasteiger partial charge in [-0.3, -0.25) is 4.79 Å². The minimum absolute atomic E-state index is 0.0823. The molecule has 0 saturated carbocycles. The molecule has 76 valence electrons. The van der Waals surface area contributed by atoms with E-state index in [2.05, 4.69) is 5.32 Å². The molecule has 0 bridgehead atoms. The van der Waals surface area contributed by atoms with Gasteiger partial charge in [-0.1, -0.05) is 11.6 Å². The average molecular weight is 213 g/mol. The Kier molecular flexibility index (Phi) is 2.89. The van der Waals surface area contributed by atoms with E-state index < -0.39 is 0 Å². The van der Waals surface area contributed by atoms with E-state index in [0.717, 1.165) is 26.1 Å². The fourth-order valence-electron chi connectivity index (χ4n) is 1.80. The van der Waals surface area contributed by atoms with Crippen LogP contribution in [0.2, 0.25) is 5.02 Å². The van der Waals surface area contributed by atoms with Crippen LogP contribution in [0.4, 0.5) is 0 Å². The lowest BCUT2D eigenvalue weighted by Gasteiger charge is -2.10. The van der Waals surface area contributed by atoms with Crippen molar-refractivity contribution in [3.63, 3.8) is 0 Å². The summed E-state index contributed by atoms with van der Waals surface area (Å²) in [6.07, 6.45) is 2.94. The molecule has 1 saturated heterocycles. The highest BCUT2D eigenvalue weighted by atomic mass is 35.5. The summed E-state index contributed by atoms with van der Waals surface area (Å²) in [4.78, 5) is 11.6. The van der Waals surface area contributed by atoms with Crippen LogP contribution in [0.5, 0.6) is 0 Å². The van der Waals surface area contributed by atoms with E-state index in [4.69, 9.17) is 11.6 Å². The maximum Gasteiger partial charge on any atom is 0.269 e. The average Bonchev–Trinajstić information content (AvgIpc) is 2.66. The number of nitrogens with zero attached hydrogens (tertiary/aromatic N) is 1. The monoisotopic (exact) mass is 212 g/mol. The number of rotatable bonds is 2. The van der Waals surface area contributed by atoms with E-state index >= 15 is 0 Å². The molecule has 2 rings (SSSR count). The van der Waals surface area contributed by atoms with Crippen LogP contribution in [0.25, 0.3) is 0 Å². The third-order valence-corrected chi connectivity index (χ3v) is 2.88. The van der Waals surface area contributed by atoms with Crippen molar-refractivity contribution in [1.82, 2.24) is 9.88 Å². The molecular formula is C10H13ClN2O. The van der Waals surface area contributed by atoms with Gasteiger partial charge in [0.25, 0.3) is 5.56 Å². The molecule has 0 aliphatic carbocycles. The van der Waals surface area contributed by atoms with Crippen LogP contribution in [0.3, 0.4) is 0 Å². The molecule has 4 heteroatoms. The smallest absolute Gasteiger partial charge is 0.269 e. The summed E-state index contributed by atoms with van der Waals surface area (Å²) in [5.74, 6) is 0.561. The molecule has 1 N–H and O–H groups in total. The number of pyridine rings is 1. The molecule has 14 heavy (non-hydrogen) atoms. The Morgan fingerprint density at radius 2 is 2.50 bits per heavy atom. The Hall–Kier alpha value is -0.800. The van der Waals surface area contributed by atoms with Crippen LogP contribution in [0, 0.1) is 5.92 Å². The summed E-state index contributed by atoms with van der Waals surface area (Å²) in [5, 5.41) is 3.58. The van der Waals surface area contributed by atoms with Crippen molar-refractivity contribution in [1.29, 1.82) is 0 Å². The van der Waals surface area contributed by atoms with Crippen molar-refractivity contribution in [3.8, 4) is 0 Å². The fraction of sp³-hybridized carbons (Fsp3) is 0.500. The van der Waals surface area contributed by atoms with Gasteiger partial charge >= 0.3 is 0 Å². The van der Waals surface area contributed by atoms with Gasteiger partial charge in [0.2, 0.25) is 0 Å². The largest absolute Gasteiger partial charge is 0.316 e. The highest BCUT2D eigenvalue weighted by Crippen LogP contribution is 2.10. The zero-order valence-electron chi connectivity index (χ0n) is 7.87. The second-order valence-corrected chi connectivity index (χ2v) is 4.08. The van der Waals surface area contributed by atoms with E-state index in [9.17, 15) is 4.79 Å². The first-order chi connectivity index (χ1) is 6.77. The molecule has 2 heterocycles. The number of aromatic nitrogens is 1. The Bertz CT molecular complexity index is 369. The first-order valence-corrected chi connectivity index (χ1v) is 5.21. The molecule has 1 aromatic heterocycles. The first kappa shape index (κ1) is 9.74. The quantitative estimate of drug-likeness (QED) is 0.797. The van der Waals surface area contributed by atoms with E-state index in [0.29, 0.717) is 10.9 Å². The predicted molar refractivity (Wildman–Crippen MR) is 56.7 cm³/mol. The fourth-order valence-corrected chi connectivity index (χ4v) is 1.98. The van der Waals surface area contributed by atoms with E-state index in [1.807, 2.05) is 6.07 Å². The summed E-state index contributed by atoms with van der Waals surface area (Å²) < 4.78 is 1.69. The van der Waals surface area contributed by atoms with Crippen molar-refractivity contribution >= 4 is 11.6 Å². The number of hydrogen-bond acceptors (Lipinski definition) is 2. The topological polar surface area (TPSA) is 34.0 Å². The van der Waals surface area contributed by atoms with E-state index in [-0.39, 0.29) is 5.56 Å². The number of nitrogens with one attached hydrogen (secondary N) is 1. The van der Waals surface area contributed by atoms with E-state index in [1.54, 1.807) is 16.8 Å². The van der Waals surface area contributed by atoms with Gasteiger partial charge in [0, 0.05) is 12.7 Å². The molecule has 1 atom stereocenters. The van der Waals surface area contributed by atoms with Crippen LogP contribution in [-0.4, -0.2) is 17.7 Å². The maximum absolute atomic E-state index is 11.6. The minimum atomic E-state index is -0.0823. The highest BCUT2D eigenvalue weighted by molar-refractivity contribution is 6.30. The third kappa shape index (κ3) is 1.99. The van der Waals surface area contributed by atoms with Gasteiger partial charge in [0.1, 0.15) is 5.02 Å². The van der Waals surface area contributed by atoms with Crippen LogP contribution in [0.1, 0.15) is 6.42 Å². The Balaban J connectivity index is 2.16. The summed E-state index contributed by atoms with van der Waals surface area (Å²) in [5.41, 5.74) is -0.0823. The van der Waals surface area contributed by atoms with Crippen molar-refractivity contribution < 1.29 is 0 Å². The zero-order chi connectivity index (χ0) is 9.97. The maximum atomic E-state index is 11.6. The summed E-state index contributed by atoms with van der Waals surface area (Å²) in [6.45, 7) is 2.82. The van der Waals surface area contributed by atoms with E-state index in [1.165, 1.54) is 0 Å². The third-order valence-electron chi connectivity index (χ3n) is 2.59. The van der Waals surface area contributed by atoms with Crippen molar-refractivity contribution in [2.24, 2.45) is 5.92 Å². The number of hydrogen-bond donors (Lipinski definition) is 1. The van der Waals surface area contributed by atoms with Crippen molar-refractivity contribution in [3.05, 3.63) is 33.7 Å². The lowest BCUT2D eigenvalue weighted by Crippen LogP contribution is -2.24. The van der Waals surface area contributed by atoms with Gasteiger partial charge in [-0.25, -0.2) is 0 Å². The summed E-state index contributed by atoms with van der Waals surface area (Å²) >= 11 is 5.75. The molecule has 1 unspecified atom stereocenters. The molecule has 0 spiro atoms. The molecule has 3 nitrogen and oxygen atoms in total. The first-order valence-electron chi connectivity index (χ1n) is 4.83. The van der Waals surface area contributed by atoms with Gasteiger partial charge < -0.3 is 9.88 Å². The van der Waals surface area contributed by atoms with Gasteiger partial charge in [-0.05, 0) is 37.6 Å².